The summed E-state index contributed by atoms with van der Waals surface area (Å²) in [4.78, 5) is 12.2. The molecule has 0 saturated heterocycles. The van der Waals surface area contributed by atoms with Gasteiger partial charge in [-0.25, -0.2) is 0 Å². The zero-order valence-corrected chi connectivity index (χ0v) is 12.2. The van der Waals surface area contributed by atoms with Crippen LogP contribution >= 0.6 is 27.5 Å². The van der Waals surface area contributed by atoms with Gasteiger partial charge >= 0.3 is 0 Å². The highest BCUT2D eigenvalue weighted by molar-refractivity contribution is 9.10. The first-order valence-electron chi connectivity index (χ1n) is 6.04. The van der Waals surface area contributed by atoms with E-state index in [1.54, 1.807) is 0 Å². The molecule has 0 amide bonds. The quantitative estimate of drug-likeness (QED) is 0.793. The van der Waals surface area contributed by atoms with Crippen LogP contribution < -0.4 is 0 Å². The van der Waals surface area contributed by atoms with Crippen molar-refractivity contribution in [3.05, 3.63) is 33.3 Å². The number of carbonyl (C=O) groups excluding carboxylic acids is 1. The Morgan fingerprint density at radius 3 is 2.82 bits per heavy atom. The van der Waals surface area contributed by atoms with Crippen LogP contribution in [0.4, 0.5) is 0 Å². The highest BCUT2D eigenvalue weighted by atomic mass is 79.9. The lowest BCUT2D eigenvalue weighted by Gasteiger charge is -2.14. The Labute approximate surface area is 116 Å². The molecule has 0 radical (unpaired) electrons. The summed E-state index contributed by atoms with van der Waals surface area (Å²) in [5.41, 5.74) is 0.943. The number of ketones is 1. The van der Waals surface area contributed by atoms with E-state index in [4.69, 9.17) is 11.6 Å². The molecule has 2 rings (SSSR count). The molecule has 1 aromatic carbocycles. The van der Waals surface area contributed by atoms with Gasteiger partial charge in [0.25, 0.3) is 0 Å². The molecule has 1 fully saturated rings. The van der Waals surface area contributed by atoms with E-state index in [0.717, 1.165) is 16.5 Å². The average Bonchev–Trinajstić information content (AvgIpc) is 2.68. The SMILES string of the molecule is CC1CCCC1C(=O)Cc1ccc(Br)cc1Cl. The molecular formula is C14H16BrClO. The maximum atomic E-state index is 12.2. The summed E-state index contributed by atoms with van der Waals surface area (Å²) >= 11 is 9.50. The molecule has 0 aliphatic heterocycles. The van der Waals surface area contributed by atoms with Gasteiger partial charge in [-0.1, -0.05) is 46.9 Å². The Morgan fingerprint density at radius 1 is 1.47 bits per heavy atom. The highest BCUT2D eigenvalue weighted by Crippen LogP contribution is 2.33. The van der Waals surface area contributed by atoms with Crippen molar-refractivity contribution in [3.63, 3.8) is 0 Å². The third-order valence-corrected chi connectivity index (χ3v) is 4.50. The van der Waals surface area contributed by atoms with Gasteiger partial charge in [-0.2, -0.15) is 0 Å². The fourth-order valence-corrected chi connectivity index (χ4v) is 3.35. The van der Waals surface area contributed by atoms with Crippen molar-refractivity contribution >= 4 is 33.3 Å². The smallest absolute Gasteiger partial charge is 0.140 e. The molecule has 3 heteroatoms. The minimum Gasteiger partial charge on any atom is -0.299 e. The van der Waals surface area contributed by atoms with Crippen molar-refractivity contribution in [2.45, 2.75) is 32.6 Å². The van der Waals surface area contributed by atoms with Crippen LogP contribution in [-0.2, 0) is 11.2 Å². The van der Waals surface area contributed by atoms with Crippen LogP contribution in [0.3, 0.4) is 0 Å². The lowest BCUT2D eigenvalue weighted by Crippen LogP contribution is -2.19. The summed E-state index contributed by atoms with van der Waals surface area (Å²) in [7, 11) is 0. The normalized spacial score (nSPS) is 23.9. The predicted molar refractivity (Wildman–Crippen MR) is 74.4 cm³/mol. The van der Waals surface area contributed by atoms with E-state index < -0.39 is 0 Å². The molecule has 1 aromatic rings. The van der Waals surface area contributed by atoms with E-state index in [-0.39, 0.29) is 5.92 Å². The van der Waals surface area contributed by atoms with Crippen molar-refractivity contribution in [1.29, 1.82) is 0 Å². The molecule has 0 spiro atoms. The Kier molecular flexibility index (Phi) is 4.26. The number of hydrogen-bond acceptors (Lipinski definition) is 1. The van der Waals surface area contributed by atoms with Crippen LogP contribution in [0, 0.1) is 11.8 Å². The fraction of sp³-hybridized carbons (Fsp3) is 0.500. The van der Waals surface area contributed by atoms with E-state index >= 15 is 0 Å². The van der Waals surface area contributed by atoms with Crippen molar-refractivity contribution in [3.8, 4) is 0 Å². The standard InChI is InChI=1S/C14H16BrClO/c1-9-3-2-4-12(9)14(17)7-10-5-6-11(15)8-13(10)16/h5-6,8-9,12H,2-4,7H2,1H3. The van der Waals surface area contributed by atoms with Crippen molar-refractivity contribution in [2.24, 2.45) is 11.8 Å². The zero-order chi connectivity index (χ0) is 12.4. The first-order valence-corrected chi connectivity index (χ1v) is 7.21. The Hall–Kier alpha value is -0.340. The molecule has 2 unspecified atom stereocenters. The third-order valence-electron chi connectivity index (χ3n) is 3.65. The summed E-state index contributed by atoms with van der Waals surface area (Å²) in [5.74, 6) is 1.13. The highest BCUT2D eigenvalue weighted by Gasteiger charge is 2.29. The van der Waals surface area contributed by atoms with Gasteiger partial charge in [-0.15, -0.1) is 0 Å². The topological polar surface area (TPSA) is 17.1 Å². The van der Waals surface area contributed by atoms with Crippen LogP contribution in [0.25, 0.3) is 0 Å². The van der Waals surface area contributed by atoms with E-state index in [2.05, 4.69) is 22.9 Å². The lowest BCUT2D eigenvalue weighted by molar-refractivity contribution is -0.123. The molecule has 1 saturated carbocycles. The van der Waals surface area contributed by atoms with Gasteiger partial charge in [0.1, 0.15) is 5.78 Å². The van der Waals surface area contributed by atoms with E-state index in [9.17, 15) is 4.79 Å². The van der Waals surface area contributed by atoms with Crippen LogP contribution in [0.1, 0.15) is 31.7 Å². The molecule has 1 aliphatic rings. The monoisotopic (exact) mass is 314 g/mol. The summed E-state index contributed by atoms with van der Waals surface area (Å²) < 4.78 is 0.952. The second-order valence-electron chi connectivity index (χ2n) is 4.89. The van der Waals surface area contributed by atoms with E-state index in [0.29, 0.717) is 23.1 Å². The molecule has 1 aliphatic carbocycles. The molecule has 0 bridgehead atoms. The number of Topliss-reactive ketones (excluding diaryl/α,β-unsaturated/α-hetero) is 1. The Morgan fingerprint density at radius 2 is 2.24 bits per heavy atom. The van der Waals surface area contributed by atoms with Gasteiger partial charge in [0, 0.05) is 21.8 Å². The predicted octanol–water partition coefficient (Wildman–Crippen LogP) is 4.65. The summed E-state index contributed by atoms with van der Waals surface area (Å²) in [6.45, 7) is 2.18. The van der Waals surface area contributed by atoms with Crippen LogP contribution in [0.5, 0.6) is 0 Å². The van der Waals surface area contributed by atoms with Crippen molar-refractivity contribution < 1.29 is 4.79 Å². The summed E-state index contributed by atoms with van der Waals surface area (Å²) in [6.07, 6.45) is 3.89. The lowest BCUT2D eigenvalue weighted by atomic mass is 9.90. The fourth-order valence-electron chi connectivity index (χ4n) is 2.61. The molecule has 0 N–H and O–H groups in total. The second-order valence-corrected chi connectivity index (χ2v) is 6.22. The number of rotatable bonds is 3. The average molecular weight is 316 g/mol. The van der Waals surface area contributed by atoms with E-state index in [1.807, 2.05) is 18.2 Å². The number of benzene rings is 1. The van der Waals surface area contributed by atoms with E-state index in [1.165, 1.54) is 12.8 Å². The molecule has 2 atom stereocenters. The molecule has 1 nitrogen and oxygen atoms in total. The number of carbonyl (C=O) groups is 1. The first-order chi connectivity index (χ1) is 8.08. The molecule has 17 heavy (non-hydrogen) atoms. The number of hydrogen-bond donors (Lipinski definition) is 0. The van der Waals surface area contributed by atoms with Crippen LogP contribution in [0.2, 0.25) is 5.02 Å². The van der Waals surface area contributed by atoms with Gasteiger partial charge in [-0.05, 0) is 36.5 Å². The number of halogens is 2. The second kappa shape index (κ2) is 5.53. The minimum absolute atomic E-state index is 0.245. The minimum atomic E-state index is 0.245. The Bertz CT molecular complexity index is 430. The van der Waals surface area contributed by atoms with Gasteiger partial charge < -0.3 is 0 Å². The van der Waals surface area contributed by atoms with Crippen molar-refractivity contribution in [2.75, 3.05) is 0 Å². The van der Waals surface area contributed by atoms with Gasteiger partial charge in [0.2, 0.25) is 0 Å². The summed E-state index contributed by atoms with van der Waals surface area (Å²) in [5, 5.41) is 0.679. The van der Waals surface area contributed by atoms with Crippen molar-refractivity contribution in [1.82, 2.24) is 0 Å². The van der Waals surface area contributed by atoms with Gasteiger partial charge in [-0.3, -0.25) is 4.79 Å². The van der Waals surface area contributed by atoms with Crippen LogP contribution in [-0.4, -0.2) is 5.78 Å². The third kappa shape index (κ3) is 3.11. The first kappa shape index (κ1) is 13.1. The van der Waals surface area contributed by atoms with Gasteiger partial charge in [0.15, 0.2) is 0 Å². The Balaban J connectivity index is 2.07. The molecule has 92 valence electrons. The molecule has 0 heterocycles. The maximum absolute atomic E-state index is 12.2. The molecule has 0 aromatic heterocycles. The zero-order valence-electron chi connectivity index (χ0n) is 9.88. The van der Waals surface area contributed by atoms with Gasteiger partial charge in [0.05, 0.1) is 0 Å². The van der Waals surface area contributed by atoms with Crippen LogP contribution in [0.15, 0.2) is 22.7 Å². The summed E-state index contributed by atoms with van der Waals surface area (Å²) in [6, 6.07) is 5.72. The maximum Gasteiger partial charge on any atom is 0.140 e. The largest absolute Gasteiger partial charge is 0.299 e. The molecular weight excluding hydrogens is 300 g/mol.